The number of aromatic amines is 1. The standard InChI is InChI=1S/C19H20N4O/c1-13-9-15(7-8-17(13)16-11-21-22-12-16)19(24)23-18(10-20)14-5-3-2-4-6-14/h2-9,11-12,18H,10,20H2,1H3,(H,21,22)(H,23,24). The largest absolute Gasteiger partial charge is 0.344 e. The Morgan fingerprint density at radius 2 is 2.04 bits per heavy atom. The summed E-state index contributed by atoms with van der Waals surface area (Å²) in [4.78, 5) is 12.6. The Hall–Kier alpha value is -2.92. The van der Waals surface area contributed by atoms with Crippen LogP contribution in [0.3, 0.4) is 0 Å². The van der Waals surface area contributed by atoms with Crippen LogP contribution in [-0.2, 0) is 0 Å². The van der Waals surface area contributed by atoms with Gasteiger partial charge < -0.3 is 11.1 Å². The minimum absolute atomic E-state index is 0.129. The molecule has 4 N–H and O–H groups in total. The maximum absolute atomic E-state index is 12.6. The molecule has 3 aromatic rings. The first-order valence-corrected chi connectivity index (χ1v) is 7.84. The van der Waals surface area contributed by atoms with Crippen LogP contribution in [0.15, 0.2) is 60.9 Å². The molecule has 0 saturated heterocycles. The quantitative estimate of drug-likeness (QED) is 0.676. The average Bonchev–Trinajstić information content (AvgIpc) is 3.14. The zero-order chi connectivity index (χ0) is 16.9. The van der Waals surface area contributed by atoms with Crippen molar-refractivity contribution in [2.24, 2.45) is 5.73 Å². The van der Waals surface area contributed by atoms with Gasteiger partial charge in [-0.25, -0.2) is 0 Å². The Labute approximate surface area is 140 Å². The molecule has 1 amide bonds. The first-order valence-electron chi connectivity index (χ1n) is 7.84. The fourth-order valence-electron chi connectivity index (χ4n) is 2.73. The summed E-state index contributed by atoms with van der Waals surface area (Å²) in [5.41, 5.74) is 10.5. The molecule has 2 aromatic carbocycles. The van der Waals surface area contributed by atoms with Gasteiger partial charge in [0.15, 0.2) is 0 Å². The van der Waals surface area contributed by atoms with Crippen molar-refractivity contribution in [3.8, 4) is 11.1 Å². The van der Waals surface area contributed by atoms with Gasteiger partial charge in [-0.3, -0.25) is 9.89 Å². The summed E-state index contributed by atoms with van der Waals surface area (Å²) in [6.07, 6.45) is 3.60. The molecular formula is C19H20N4O. The van der Waals surface area contributed by atoms with Gasteiger partial charge in [0, 0.05) is 23.9 Å². The zero-order valence-corrected chi connectivity index (χ0v) is 13.5. The number of nitrogens with one attached hydrogen (secondary N) is 2. The van der Waals surface area contributed by atoms with Crippen LogP contribution in [0.5, 0.6) is 0 Å². The smallest absolute Gasteiger partial charge is 0.251 e. The number of nitrogens with two attached hydrogens (primary N) is 1. The van der Waals surface area contributed by atoms with E-state index in [-0.39, 0.29) is 11.9 Å². The van der Waals surface area contributed by atoms with Gasteiger partial charge in [0.05, 0.1) is 12.2 Å². The number of carbonyl (C=O) groups is 1. The van der Waals surface area contributed by atoms with Crippen LogP contribution in [0.2, 0.25) is 0 Å². The van der Waals surface area contributed by atoms with Gasteiger partial charge in [-0.1, -0.05) is 36.4 Å². The molecule has 3 rings (SSSR count). The third-order valence-electron chi connectivity index (χ3n) is 4.04. The van der Waals surface area contributed by atoms with Crippen LogP contribution in [0.25, 0.3) is 11.1 Å². The highest BCUT2D eigenvalue weighted by molar-refractivity contribution is 5.95. The van der Waals surface area contributed by atoms with E-state index in [9.17, 15) is 4.79 Å². The number of nitrogens with zero attached hydrogens (tertiary/aromatic N) is 1. The normalized spacial score (nSPS) is 11.9. The SMILES string of the molecule is Cc1cc(C(=O)NC(CN)c2ccccc2)ccc1-c1cn[nH]c1. The lowest BCUT2D eigenvalue weighted by molar-refractivity contribution is 0.0938. The summed E-state index contributed by atoms with van der Waals surface area (Å²) < 4.78 is 0. The Morgan fingerprint density at radius 1 is 1.25 bits per heavy atom. The van der Waals surface area contributed by atoms with Gasteiger partial charge in [0.1, 0.15) is 0 Å². The summed E-state index contributed by atoms with van der Waals surface area (Å²) in [5, 5.41) is 9.76. The van der Waals surface area contributed by atoms with Crippen molar-refractivity contribution in [2.75, 3.05) is 6.54 Å². The first kappa shape index (κ1) is 16.0. The van der Waals surface area contributed by atoms with Crippen molar-refractivity contribution in [1.82, 2.24) is 15.5 Å². The Balaban J connectivity index is 1.79. The molecule has 1 atom stereocenters. The van der Waals surface area contributed by atoms with Crippen LogP contribution >= 0.6 is 0 Å². The van der Waals surface area contributed by atoms with E-state index in [2.05, 4.69) is 15.5 Å². The Morgan fingerprint density at radius 3 is 2.67 bits per heavy atom. The molecule has 0 bridgehead atoms. The predicted molar refractivity (Wildman–Crippen MR) is 94.5 cm³/mol. The van der Waals surface area contributed by atoms with Crippen molar-refractivity contribution in [2.45, 2.75) is 13.0 Å². The number of amides is 1. The van der Waals surface area contributed by atoms with Crippen LogP contribution < -0.4 is 11.1 Å². The van der Waals surface area contributed by atoms with E-state index in [1.54, 1.807) is 6.20 Å². The van der Waals surface area contributed by atoms with E-state index in [0.29, 0.717) is 12.1 Å². The Kier molecular flexibility index (Phi) is 4.72. The molecule has 0 radical (unpaired) electrons. The molecule has 0 aliphatic carbocycles. The summed E-state index contributed by atoms with van der Waals surface area (Å²) in [6, 6.07) is 15.2. The van der Waals surface area contributed by atoms with Gasteiger partial charge in [0.25, 0.3) is 5.91 Å². The minimum Gasteiger partial charge on any atom is -0.344 e. The predicted octanol–water partition coefficient (Wildman–Crippen LogP) is 2.81. The van der Waals surface area contributed by atoms with Gasteiger partial charge >= 0.3 is 0 Å². The van der Waals surface area contributed by atoms with Gasteiger partial charge in [-0.05, 0) is 35.7 Å². The molecule has 0 saturated carbocycles. The maximum atomic E-state index is 12.6. The molecule has 24 heavy (non-hydrogen) atoms. The van der Waals surface area contributed by atoms with E-state index in [0.717, 1.165) is 22.3 Å². The summed E-state index contributed by atoms with van der Waals surface area (Å²) >= 11 is 0. The van der Waals surface area contributed by atoms with E-state index >= 15 is 0 Å². The molecule has 0 spiro atoms. The van der Waals surface area contributed by atoms with Crippen molar-refractivity contribution < 1.29 is 4.79 Å². The number of H-pyrrole nitrogens is 1. The van der Waals surface area contributed by atoms with E-state index in [4.69, 9.17) is 5.73 Å². The second-order valence-corrected chi connectivity index (χ2v) is 5.69. The van der Waals surface area contributed by atoms with Gasteiger partial charge in [0.2, 0.25) is 0 Å². The van der Waals surface area contributed by atoms with Crippen molar-refractivity contribution in [1.29, 1.82) is 0 Å². The van der Waals surface area contributed by atoms with Crippen LogP contribution in [0.4, 0.5) is 0 Å². The average molecular weight is 320 g/mol. The molecule has 1 aromatic heterocycles. The molecule has 0 aliphatic rings. The molecular weight excluding hydrogens is 300 g/mol. The fraction of sp³-hybridized carbons (Fsp3) is 0.158. The van der Waals surface area contributed by atoms with E-state index < -0.39 is 0 Å². The van der Waals surface area contributed by atoms with Gasteiger partial charge in [-0.15, -0.1) is 0 Å². The summed E-state index contributed by atoms with van der Waals surface area (Å²) in [7, 11) is 0. The first-order chi connectivity index (χ1) is 11.7. The monoisotopic (exact) mass is 320 g/mol. The number of aryl methyl sites for hydroxylation is 1. The zero-order valence-electron chi connectivity index (χ0n) is 13.5. The molecule has 5 heteroatoms. The Bertz CT molecular complexity index is 813. The molecule has 1 unspecified atom stereocenters. The number of aromatic nitrogens is 2. The number of hydrogen-bond acceptors (Lipinski definition) is 3. The van der Waals surface area contributed by atoms with Crippen LogP contribution in [0.1, 0.15) is 27.5 Å². The number of rotatable bonds is 5. The van der Waals surface area contributed by atoms with Crippen molar-refractivity contribution >= 4 is 5.91 Å². The fourth-order valence-corrected chi connectivity index (χ4v) is 2.73. The highest BCUT2D eigenvalue weighted by Crippen LogP contribution is 2.23. The molecule has 5 nitrogen and oxygen atoms in total. The number of benzene rings is 2. The third-order valence-corrected chi connectivity index (χ3v) is 4.04. The molecule has 0 fully saturated rings. The van der Waals surface area contributed by atoms with Crippen LogP contribution in [-0.4, -0.2) is 22.6 Å². The third kappa shape index (κ3) is 3.36. The summed E-state index contributed by atoms with van der Waals surface area (Å²) in [6.45, 7) is 2.33. The minimum atomic E-state index is -0.201. The summed E-state index contributed by atoms with van der Waals surface area (Å²) in [5.74, 6) is -0.129. The van der Waals surface area contributed by atoms with Crippen molar-refractivity contribution in [3.63, 3.8) is 0 Å². The highest BCUT2D eigenvalue weighted by atomic mass is 16.1. The topological polar surface area (TPSA) is 83.8 Å². The van der Waals surface area contributed by atoms with Crippen LogP contribution in [0, 0.1) is 6.92 Å². The molecule has 0 aliphatic heterocycles. The lowest BCUT2D eigenvalue weighted by atomic mass is 10.00. The number of carbonyl (C=O) groups excluding carboxylic acids is 1. The lowest BCUT2D eigenvalue weighted by Gasteiger charge is -2.17. The lowest BCUT2D eigenvalue weighted by Crippen LogP contribution is -2.33. The molecule has 122 valence electrons. The maximum Gasteiger partial charge on any atom is 0.251 e. The number of hydrogen-bond donors (Lipinski definition) is 3. The second-order valence-electron chi connectivity index (χ2n) is 5.69. The second kappa shape index (κ2) is 7.10. The van der Waals surface area contributed by atoms with Crippen molar-refractivity contribution in [3.05, 3.63) is 77.6 Å². The highest BCUT2D eigenvalue weighted by Gasteiger charge is 2.15. The molecule has 1 heterocycles. The van der Waals surface area contributed by atoms with Gasteiger partial charge in [-0.2, -0.15) is 5.10 Å². The van der Waals surface area contributed by atoms with E-state index in [1.807, 2.05) is 61.7 Å². The van der Waals surface area contributed by atoms with E-state index in [1.165, 1.54) is 0 Å².